The first kappa shape index (κ1) is 49.0. The predicted molar refractivity (Wildman–Crippen MR) is 194 cm³/mol. The SMILES string of the molecule is CC.CC.CC=O.O=C(O)CN1CCN(CC(=O)O)CCN(CC(=O)NCCCCCC(=O)NCC2CCCCC2)CCN(CC(=O)O)CC1. The molecule has 292 valence electrons. The number of aliphatic carboxylic acids is 3. The number of nitrogens with one attached hydrogen (secondary N) is 2. The van der Waals surface area contributed by atoms with Crippen molar-refractivity contribution in [2.75, 3.05) is 91.6 Å². The largest absolute Gasteiger partial charge is 0.480 e. The maximum atomic E-state index is 12.7. The molecule has 1 aliphatic carbocycles. The fourth-order valence-corrected chi connectivity index (χ4v) is 5.60. The van der Waals surface area contributed by atoms with Gasteiger partial charge in [-0.15, -0.1) is 0 Å². The zero-order valence-electron chi connectivity index (χ0n) is 31.5. The van der Waals surface area contributed by atoms with Crippen molar-refractivity contribution in [3.05, 3.63) is 0 Å². The third-order valence-corrected chi connectivity index (χ3v) is 8.09. The van der Waals surface area contributed by atoms with Crippen LogP contribution in [0.4, 0.5) is 0 Å². The highest BCUT2D eigenvalue weighted by atomic mass is 16.4. The number of aldehydes is 1. The van der Waals surface area contributed by atoms with Gasteiger partial charge in [0.2, 0.25) is 11.8 Å². The summed E-state index contributed by atoms with van der Waals surface area (Å²) in [6.07, 6.45) is 9.80. The lowest BCUT2D eigenvalue weighted by Crippen LogP contribution is -2.49. The van der Waals surface area contributed by atoms with Crippen LogP contribution >= 0.6 is 0 Å². The van der Waals surface area contributed by atoms with Crippen LogP contribution in [-0.2, 0) is 28.8 Å². The van der Waals surface area contributed by atoms with Crippen LogP contribution in [0, 0.1) is 5.92 Å². The summed E-state index contributed by atoms with van der Waals surface area (Å²) in [6, 6.07) is 0. The van der Waals surface area contributed by atoms with Gasteiger partial charge in [0.05, 0.1) is 26.2 Å². The molecule has 0 unspecified atom stereocenters. The van der Waals surface area contributed by atoms with E-state index in [0.29, 0.717) is 71.2 Å². The van der Waals surface area contributed by atoms with Crippen molar-refractivity contribution >= 4 is 36.0 Å². The standard InChI is InChI=1S/C29H52N6O8.C2H4O.2C2H6/c36-25(31-19-24-7-3-1-4-8-24)9-5-2-6-10-30-26(37)20-32-11-13-33(21-27(38)39)15-17-35(23-29(42)43)18-16-34(14-12-32)22-28(40)41;1-2-3;2*1-2/h24H,1-23H2,(H,30,37)(H,31,36)(H,38,39)(H,40,41)(H,42,43);2H,1H3;2*1-2H3. The highest BCUT2D eigenvalue weighted by molar-refractivity contribution is 5.78. The third kappa shape index (κ3) is 28.7. The Morgan fingerprint density at radius 1 is 0.580 bits per heavy atom. The smallest absolute Gasteiger partial charge is 0.317 e. The van der Waals surface area contributed by atoms with Crippen molar-refractivity contribution in [3.63, 3.8) is 0 Å². The Bertz CT molecular complexity index is 902. The lowest BCUT2D eigenvalue weighted by atomic mass is 9.89. The summed E-state index contributed by atoms with van der Waals surface area (Å²) >= 11 is 0. The second-order valence-corrected chi connectivity index (χ2v) is 12.0. The molecule has 0 aromatic heterocycles. The average molecular weight is 717 g/mol. The molecule has 0 bridgehead atoms. The first-order chi connectivity index (χ1) is 24.0. The molecule has 2 fully saturated rings. The number of amides is 2. The van der Waals surface area contributed by atoms with E-state index in [1.807, 2.05) is 32.6 Å². The van der Waals surface area contributed by atoms with Crippen molar-refractivity contribution in [3.8, 4) is 0 Å². The van der Waals surface area contributed by atoms with Crippen LogP contribution in [0.15, 0.2) is 0 Å². The Labute approximate surface area is 300 Å². The van der Waals surface area contributed by atoms with Crippen LogP contribution in [0.2, 0.25) is 0 Å². The molecule has 2 rings (SSSR count). The van der Waals surface area contributed by atoms with Crippen molar-refractivity contribution in [2.24, 2.45) is 5.92 Å². The molecule has 15 heteroatoms. The highest BCUT2D eigenvalue weighted by Gasteiger charge is 2.21. The van der Waals surface area contributed by atoms with Gasteiger partial charge in [0, 0.05) is 71.9 Å². The zero-order chi connectivity index (χ0) is 38.2. The maximum Gasteiger partial charge on any atom is 0.317 e. The minimum absolute atomic E-state index is 0.0911. The van der Waals surface area contributed by atoms with Gasteiger partial charge in [-0.3, -0.25) is 43.6 Å². The maximum absolute atomic E-state index is 12.7. The summed E-state index contributed by atoms with van der Waals surface area (Å²) in [7, 11) is 0. The van der Waals surface area contributed by atoms with Gasteiger partial charge in [-0.2, -0.15) is 0 Å². The fraction of sp³-hybridized carbons (Fsp3) is 0.829. The average Bonchev–Trinajstić information content (AvgIpc) is 3.08. The Morgan fingerprint density at radius 3 is 1.34 bits per heavy atom. The molecule has 0 aromatic carbocycles. The minimum Gasteiger partial charge on any atom is -0.480 e. The third-order valence-electron chi connectivity index (χ3n) is 8.09. The summed E-state index contributed by atoms with van der Waals surface area (Å²) in [5.74, 6) is -2.45. The van der Waals surface area contributed by atoms with E-state index in [1.165, 1.54) is 39.0 Å². The molecule has 2 aliphatic rings. The normalized spacial score (nSPS) is 17.0. The Kier molecular flexibility index (Phi) is 32.4. The fourth-order valence-electron chi connectivity index (χ4n) is 5.60. The van der Waals surface area contributed by atoms with Crippen LogP contribution in [0.3, 0.4) is 0 Å². The van der Waals surface area contributed by atoms with Crippen molar-refractivity contribution in [1.82, 2.24) is 30.2 Å². The first-order valence-corrected chi connectivity index (χ1v) is 18.5. The number of carboxylic acids is 3. The highest BCUT2D eigenvalue weighted by Crippen LogP contribution is 2.22. The second-order valence-electron chi connectivity index (χ2n) is 12.0. The molecule has 1 heterocycles. The van der Waals surface area contributed by atoms with E-state index >= 15 is 0 Å². The van der Waals surface area contributed by atoms with E-state index in [9.17, 15) is 39.3 Å². The summed E-state index contributed by atoms with van der Waals surface area (Å²) in [6.45, 7) is 13.0. The van der Waals surface area contributed by atoms with Gasteiger partial charge >= 0.3 is 17.9 Å². The van der Waals surface area contributed by atoms with Gasteiger partial charge in [-0.1, -0.05) is 53.4 Å². The number of unbranched alkanes of at least 4 members (excludes halogenated alkanes) is 2. The summed E-state index contributed by atoms with van der Waals surface area (Å²) in [5.41, 5.74) is 0. The van der Waals surface area contributed by atoms with Crippen LogP contribution < -0.4 is 10.6 Å². The van der Waals surface area contributed by atoms with Gasteiger partial charge in [-0.25, -0.2) is 0 Å². The summed E-state index contributed by atoms with van der Waals surface area (Å²) in [5, 5.41) is 34.0. The molecule has 1 saturated heterocycles. The number of carbonyl (C=O) groups excluding carboxylic acids is 3. The molecule has 0 spiro atoms. The molecule has 0 aromatic rings. The number of carboxylic acid groups (broad SMARTS) is 3. The number of hydrogen-bond donors (Lipinski definition) is 5. The molecule has 0 radical (unpaired) electrons. The van der Waals surface area contributed by atoms with Crippen LogP contribution in [0.25, 0.3) is 0 Å². The van der Waals surface area contributed by atoms with Crippen LogP contribution in [-0.4, -0.2) is 163 Å². The van der Waals surface area contributed by atoms with E-state index in [-0.39, 0.29) is 38.0 Å². The van der Waals surface area contributed by atoms with E-state index in [0.717, 1.165) is 32.1 Å². The first-order valence-electron chi connectivity index (χ1n) is 18.5. The number of rotatable bonds is 16. The predicted octanol–water partition coefficient (Wildman–Crippen LogP) is 2.09. The molecule has 1 aliphatic heterocycles. The van der Waals surface area contributed by atoms with Gasteiger partial charge in [0.15, 0.2) is 0 Å². The zero-order valence-corrected chi connectivity index (χ0v) is 31.5. The quantitative estimate of drug-likeness (QED) is 0.115. The lowest BCUT2D eigenvalue weighted by molar-refractivity contribution is -0.140. The molecule has 50 heavy (non-hydrogen) atoms. The van der Waals surface area contributed by atoms with Gasteiger partial charge < -0.3 is 30.7 Å². The Hall–Kier alpha value is -3.14. The number of hydrogen-bond acceptors (Lipinski definition) is 10. The number of nitrogens with zero attached hydrogens (tertiary/aromatic N) is 4. The van der Waals surface area contributed by atoms with Crippen molar-refractivity contribution in [1.29, 1.82) is 0 Å². The second kappa shape index (κ2) is 33.0. The molecule has 2 amide bonds. The van der Waals surface area contributed by atoms with E-state index in [4.69, 9.17) is 4.79 Å². The number of carbonyl (C=O) groups is 6. The van der Waals surface area contributed by atoms with E-state index in [1.54, 1.807) is 14.7 Å². The molecular weight excluding hydrogens is 648 g/mol. The Morgan fingerprint density at radius 2 is 0.960 bits per heavy atom. The molecule has 0 atom stereocenters. The lowest BCUT2D eigenvalue weighted by Gasteiger charge is -2.32. The van der Waals surface area contributed by atoms with Crippen LogP contribution in [0.1, 0.15) is 92.4 Å². The molecular formula is C35H68N6O9. The van der Waals surface area contributed by atoms with E-state index in [2.05, 4.69) is 10.6 Å². The topological polar surface area (TPSA) is 200 Å². The van der Waals surface area contributed by atoms with Gasteiger partial charge in [-0.05, 0) is 38.5 Å². The summed E-state index contributed by atoms with van der Waals surface area (Å²) in [4.78, 5) is 74.9. The molecule has 1 saturated carbocycles. The molecule has 15 nitrogen and oxygen atoms in total. The van der Waals surface area contributed by atoms with Crippen molar-refractivity contribution < 1.29 is 44.1 Å². The Balaban J connectivity index is 0. The van der Waals surface area contributed by atoms with Crippen LogP contribution in [0.5, 0.6) is 0 Å². The molecule has 5 N–H and O–H groups in total. The summed E-state index contributed by atoms with van der Waals surface area (Å²) < 4.78 is 0. The van der Waals surface area contributed by atoms with Gasteiger partial charge in [0.1, 0.15) is 6.29 Å². The van der Waals surface area contributed by atoms with E-state index < -0.39 is 17.9 Å². The van der Waals surface area contributed by atoms with Gasteiger partial charge in [0.25, 0.3) is 0 Å². The van der Waals surface area contributed by atoms with Crippen molar-refractivity contribution in [2.45, 2.75) is 92.4 Å². The monoisotopic (exact) mass is 717 g/mol. The minimum atomic E-state index is -1.01.